The Morgan fingerprint density at radius 3 is 2.77 bits per heavy atom. The van der Waals surface area contributed by atoms with E-state index < -0.39 is 11.9 Å². The molecule has 22 heavy (non-hydrogen) atoms. The second-order valence-corrected chi connectivity index (χ2v) is 4.66. The molecule has 0 aliphatic carbocycles. The summed E-state index contributed by atoms with van der Waals surface area (Å²) in [6.07, 6.45) is 3.22. The van der Waals surface area contributed by atoms with Gasteiger partial charge >= 0.3 is 5.97 Å². The monoisotopic (exact) mass is 296 g/mol. The summed E-state index contributed by atoms with van der Waals surface area (Å²) in [6.45, 7) is 0. The molecule has 3 aromatic rings. The van der Waals surface area contributed by atoms with Crippen molar-refractivity contribution in [2.75, 3.05) is 0 Å². The molecule has 1 aromatic carbocycles. The van der Waals surface area contributed by atoms with Gasteiger partial charge in [-0.15, -0.1) is 5.10 Å². The summed E-state index contributed by atoms with van der Waals surface area (Å²) in [5, 5.41) is 4.83. The normalized spacial score (nSPS) is 10.6. The Labute approximate surface area is 125 Å². The van der Waals surface area contributed by atoms with Gasteiger partial charge in [-0.1, -0.05) is 6.07 Å². The number of aromatic nitrogens is 3. The average Bonchev–Trinajstić information content (AvgIpc) is 2.84. The number of hydrogen-bond donors (Lipinski definition) is 1. The van der Waals surface area contributed by atoms with E-state index in [9.17, 15) is 9.59 Å². The van der Waals surface area contributed by atoms with Crippen LogP contribution >= 0.6 is 0 Å². The Balaban J connectivity index is 1.93. The van der Waals surface area contributed by atoms with E-state index in [2.05, 4.69) is 10.1 Å². The molecule has 7 nitrogen and oxygen atoms in total. The number of ether oxygens (including phenoxy) is 1. The Bertz CT molecular complexity index is 885. The van der Waals surface area contributed by atoms with E-state index in [0.717, 1.165) is 5.52 Å². The molecule has 0 spiro atoms. The van der Waals surface area contributed by atoms with Crippen LogP contribution in [0.3, 0.4) is 0 Å². The van der Waals surface area contributed by atoms with E-state index in [-0.39, 0.29) is 17.0 Å². The fraction of sp³-hybridized carbons (Fsp3) is 0.0667. The van der Waals surface area contributed by atoms with Crippen LogP contribution in [-0.2, 0) is 7.05 Å². The van der Waals surface area contributed by atoms with Crippen molar-refractivity contribution >= 4 is 22.8 Å². The summed E-state index contributed by atoms with van der Waals surface area (Å²) in [7, 11) is 1.73. The van der Waals surface area contributed by atoms with Gasteiger partial charge in [0.1, 0.15) is 0 Å². The first kappa shape index (κ1) is 13.7. The highest BCUT2D eigenvalue weighted by molar-refractivity contribution is 5.98. The number of esters is 1. The minimum atomic E-state index is -0.611. The first-order valence-electron chi connectivity index (χ1n) is 6.45. The zero-order valence-electron chi connectivity index (χ0n) is 11.7. The summed E-state index contributed by atoms with van der Waals surface area (Å²) < 4.78 is 6.89. The lowest BCUT2D eigenvalue weighted by Gasteiger charge is -2.03. The van der Waals surface area contributed by atoms with Crippen molar-refractivity contribution in [1.82, 2.24) is 14.8 Å². The molecule has 1 amide bonds. The maximum atomic E-state index is 12.2. The molecule has 0 saturated carbocycles. The molecular weight excluding hydrogens is 284 g/mol. The molecule has 0 saturated heterocycles. The van der Waals surface area contributed by atoms with Gasteiger partial charge in [0.25, 0.3) is 0 Å². The predicted molar refractivity (Wildman–Crippen MR) is 78.4 cm³/mol. The SMILES string of the molecule is Cn1nc(OC(=O)c2cccc(C(N)=O)c2)c2ccncc21. The van der Waals surface area contributed by atoms with E-state index in [4.69, 9.17) is 10.5 Å². The van der Waals surface area contributed by atoms with Gasteiger partial charge in [0.15, 0.2) is 0 Å². The van der Waals surface area contributed by atoms with Crippen LogP contribution in [0.4, 0.5) is 0 Å². The lowest BCUT2D eigenvalue weighted by Crippen LogP contribution is -2.14. The molecule has 0 aliphatic rings. The smallest absolute Gasteiger partial charge is 0.344 e. The third kappa shape index (κ3) is 2.39. The summed E-state index contributed by atoms with van der Waals surface area (Å²) in [5.41, 5.74) is 6.41. The van der Waals surface area contributed by atoms with E-state index >= 15 is 0 Å². The lowest BCUT2D eigenvalue weighted by atomic mass is 10.1. The minimum absolute atomic E-state index is 0.189. The average molecular weight is 296 g/mol. The van der Waals surface area contributed by atoms with Gasteiger partial charge < -0.3 is 10.5 Å². The van der Waals surface area contributed by atoms with Crippen LogP contribution in [0.2, 0.25) is 0 Å². The third-order valence-electron chi connectivity index (χ3n) is 3.19. The number of hydrogen-bond acceptors (Lipinski definition) is 5. The van der Waals surface area contributed by atoms with E-state index in [0.29, 0.717) is 5.39 Å². The number of pyridine rings is 1. The number of nitrogens with two attached hydrogens (primary N) is 1. The maximum Gasteiger partial charge on any atom is 0.344 e. The quantitative estimate of drug-likeness (QED) is 0.734. The number of fused-ring (bicyclic) bond motifs is 1. The van der Waals surface area contributed by atoms with Crippen molar-refractivity contribution in [3.63, 3.8) is 0 Å². The maximum absolute atomic E-state index is 12.2. The van der Waals surface area contributed by atoms with Crippen molar-refractivity contribution in [1.29, 1.82) is 0 Å². The van der Waals surface area contributed by atoms with Crippen LogP contribution in [0.1, 0.15) is 20.7 Å². The number of amides is 1. The van der Waals surface area contributed by atoms with Gasteiger partial charge in [0.2, 0.25) is 11.8 Å². The second-order valence-electron chi connectivity index (χ2n) is 4.66. The van der Waals surface area contributed by atoms with Crippen molar-refractivity contribution in [3.8, 4) is 5.88 Å². The van der Waals surface area contributed by atoms with Crippen molar-refractivity contribution in [2.45, 2.75) is 0 Å². The Hall–Kier alpha value is -3.22. The Morgan fingerprint density at radius 1 is 1.23 bits per heavy atom. The van der Waals surface area contributed by atoms with Crippen LogP contribution in [-0.4, -0.2) is 26.6 Å². The zero-order valence-corrected chi connectivity index (χ0v) is 11.7. The predicted octanol–water partition coefficient (Wildman–Crippen LogP) is 1.29. The molecule has 3 rings (SSSR count). The highest BCUT2D eigenvalue weighted by Gasteiger charge is 2.16. The largest absolute Gasteiger partial charge is 0.402 e. The van der Waals surface area contributed by atoms with Crippen molar-refractivity contribution in [2.24, 2.45) is 12.8 Å². The van der Waals surface area contributed by atoms with Gasteiger partial charge in [-0.05, 0) is 24.3 Å². The minimum Gasteiger partial charge on any atom is -0.402 e. The first-order chi connectivity index (χ1) is 10.6. The molecule has 0 fully saturated rings. The lowest BCUT2D eigenvalue weighted by molar-refractivity contribution is 0.0728. The van der Waals surface area contributed by atoms with Crippen LogP contribution in [0.15, 0.2) is 42.7 Å². The van der Waals surface area contributed by atoms with Crippen LogP contribution in [0.5, 0.6) is 5.88 Å². The van der Waals surface area contributed by atoms with Crippen LogP contribution < -0.4 is 10.5 Å². The summed E-state index contributed by atoms with van der Waals surface area (Å²) in [4.78, 5) is 27.4. The van der Waals surface area contributed by atoms with Gasteiger partial charge in [-0.2, -0.15) is 0 Å². The van der Waals surface area contributed by atoms with Gasteiger partial charge in [0.05, 0.1) is 22.7 Å². The summed E-state index contributed by atoms with van der Waals surface area (Å²) in [5.74, 6) is -1.03. The molecule has 110 valence electrons. The molecule has 0 aliphatic heterocycles. The molecule has 2 N–H and O–H groups in total. The fourth-order valence-corrected chi connectivity index (χ4v) is 2.09. The van der Waals surface area contributed by atoms with Gasteiger partial charge in [-0.25, -0.2) is 4.79 Å². The number of rotatable bonds is 3. The molecule has 0 bridgehead atoms. The summed E-state index contributed by atoms with van der Waals surface area (Å²) >= 11 is 0. The molecule has 2 aromatic heterocycles. The Morgan fingerprint density at radius 2 is 2.00 bits per heavy atom. The first-order valence-corrected chi connectivity index (χ1v) is 6.45. The standard InChI is InChI=1S/C15H12N4O3/c1-19-12-8-17-6-5-11(12)14(18-19)22-15(21)10-4-2-3-9(7-10)13(16)20/h2-8H,1H3,(H2,16,20). The fourth-order valence-electron chi connectivity index (χ4n) is 2.09. The van der Waals surface area contributed by atoms with Crippen molar-refractivity contribution in [3.05, 3.63) is 53.9 Å². The highest BCUT2D eigenvalue weighted by atomic mass is 16.5. The van der Waals surface area contributed by atoms with Gasteiger partial charge in [0, 0.05) is 18.8 Å². The molecule has 0 unspecified atom stereocenters. The highest BCUT2D eigenvalue weighted by Crippen LogP contribution is 2.23. The Kier molecular flexibility index (Phi) is 3.30. The molecule has 0 radical (unpaired) electrons. The van der Waals surface area contributed by atoms with Crippen LogP contribution in [0.25, 0.3) is 10.9 Å². The third-order valence-corrected chi connectivity index (χ3v) is 3.19. The van der Waals surface area contributed by atoms with E-state index in [1.54, 1.807) is 42.3 Å². The second kappa shape index (κ2) is 5.28. The zero-order chi connectivity index (χ0) is 15.7. The number of benzene rings is 1. The molecule has 0 atom stereocenters. The number of aryl methyl sites for hydroxylation is 1. The number of primary amides is 1. The van der Waals surface area contributed by atoms with E-state index in [1.807, 2.05) is 0 Å². The number of carbonyl (C=O) groups is 2. The van der Waals surface area contributed by atoms with Crippen molar-refractivity contribution < 1.29 is 14.3 Å². The molecule has 7 heteroatoms. The molecular formula is C15H12N4O3. The number of nitrogens with zero attached hydrogens (tertiary/aromatic N) is 3. The molecule has 2 heterocycles. The topological polar surface area (TPSA) is 100 Å². The number of carbonyl (C=O) groups excluding carboxylic acids is 2. The van der Waals surface area contributed by atoms with Crippen LogP contribution in [0, 0.1) is 0 Å². The van der Waals surface area contributed by atoms with Gasteiger partial charge in [-0.3, -0.25) is 14.5 Å². The van der Waals surface area contributed by atoms with E-state index in [1.165, 1.54) is 12.1 Å². The summed E-state index contributed by atoms with van der Waals surface area (Å²) in [6, 6.07) is 7.74.